The molecule has 31 heavy (non-hydrogen) atoms. The van der Waals surface area contributed by atoms with Gasteiger partial charge in [0.2, 0.25) is 5.69 Å². The molecule has 0 amide bonds. The van der Waals surface area contributed by atoms with Crippen LogP contribution in [0.2, 0.25) is 0 Å². The average molecular weight is 438 g/mol. The highest BCUT2D eigenvalue weighted by atomic mass is 19.4. The molecule has 166 valence electrons. The zero-order valence-corrected chi connectivity index (χ0v) is 16.6. The molecule has 9 nitrogen and oxygen atoms in total. The molecule has 12 heteroatoms. The van der Waals surface area contributed by atoms with Crippen LogP contribution in [-0.2, 0) is 10.9 Å². The molecule has 1 saturated heterocycles. The molecule has 3 heterocycles. The lowest BCUT2D eigenvalue weighted by Gasteiger charge is -2.35. The van der Waals surface area contributed by atoms with E-state index in [4.69, 9.17) is 19.3 Å². The summed E-state index contributed by atoms with van der Waals surface area (Å²) in [6.07, 6.45) is 3.00. The van der Waals surface area contributed by atoms with Crippen LogP contribution in [0.25, 0.3) is 0 Å². The second kappa shape index (κ2) is 9.05. The third-order valence-electron chi connectivity index (χ3n) is 5.44. The van der Waals surface area contributed by atoms with Gasteiger partial charge in [-0.05, 0) is 43.7 Å². The number of ether oxygens (including phenoxy) is 2. The van der Waals surface area contributed by atoms with E-state index in [2.05, 4.69) is 20.1 Å². The van der Waals surface area contributed by atoms with E-state index in [-0.39, 0.29) is 35.9 Å². The minimum absolute atomic E-state index is 0.0360. The Balaban J connectivity index is 1.21. The zero-order chi connectivity index (χ0) is 21.8. The monoisotopic (exact) mass is 438 g/mol. The second-order valence-corrected chi connectivity index (χ2v) is 7.56. The molecular weight excluding hydrogens is 417 g/mol. The van der Waals surface area contributed by atoms with E-state index >= 15 is 0 Å². The van der Waals surface area contributed by atoms with E-state index in [1.807, 2.05) is 6.07 Å². The van der Waals surface area contributed by atoms with Gasteiger partial charge in [0.15, 0.2) is 0 Å². The van der Waals surface area contributed by atoms with Crippen molar-refractivity contribution in [3.05, 3.63) is 23.9 Å². The van der Waals surface area contributed by atoms with Crippen LogP contribution in [0.5, 0.6) is 5.88 Å². The van der Waals surface area contributed by atoms with Crippen molar-refractivity contribution in [2.75, 3.05) is 18.0 Å². The van der Waals surface area contributed by atoms with Crippen molar-refractivity contribution in [2.24, 2.45) is 0 Å². The molecule has 0 bridgehead atoms. The van der Waals surface area contributed by atoms with Gasteiger partial charge in [-0.25, -0.2) is 9.97 Å². The molecule has 2 aliphatic rings. The average Bonchev–Trinajstić information content (AvgIpc) is 3.27. The summed E-state index contributed by atoms with van der Waals surface area (Å²) in [5, 5.41) is 12.1. The fourth-order valence-corrected chi connectivity index (χ4v) is 3.85. The van der Waals surface area contributed by atoms with Gasteiger partial charge in [0.1, 0.15) is 12.2 Å². The molecule has 0 unspecified atom stereocenters. The summed E-state index contributed by atoms with van der Waals surface area (Å²) in [7, 11) is 0. The number of hydrogen-bond acceptors (Lipinski definition) is 9. The van der Waals surface area contributed by atoms with Crippen molar-refractivity contribution in [3.8, 4) is 11.9 Å². The van der Waals surface area contributed by atoms with Crippen molar-refractivity contribution < 1.29 is 27.2 Å². The number of aromatic nitrogens is 4. The highest BCUT2D eigenvalue weighted by Gasteiger charge is 2.38. The van der Waals surface area contributed by atoms with Gasteiger partial charge in [0.25, 0.3) is 11.7 Å². The van der Waals surface area contributed by atoms with Gasteiger partial charge in [-0.15, -0.1) is 0 Å². The van der Waals surface area contributed by atoms with Gasteiger partial charge < -0.3 is 18.9 Å². The van der Waals surface area contributed by atoms with Crippen LogP contribution >= 0.6 is 0 Å². The molecule has 2 aromatic heterocycles. The molecule has 2 aromatic rings. The first-order chi connectivity index (χ1) is 14.9. The molecule has 0 N–H and O–H groups in total. The fraction of sp³-hybridized carbons (Fsp3) is 0.632. The number of anilines is 1. The molecule has 4 rings (SSSR count). The smallest absolute Gasteiger partial charge is 0.455 e. The molecular formula is C19H21F3N6O3. The minimum Gasteiger partial charge on any atom is -0.472 e. The molecule has 0 atom stereocenters. The molecule has 0 radical (unpaired) electrons. The molecule has 0 aromatic carbocycles. The Kier molecular flexibility index (Phi) is 6.22. The van der Waals surface area contributed by atoms with E-state index in [1.54, 1.807) is 4.90 Å². The summed E-state index contributed by atoms with van der Waals surface area (Å²) in [6.45, 7) is 0.985. The lowest BCUT2D eigenvalue weighted by atomic mass is 9.94. The van der Waals surface area contributed by atoms with E-state index in [1.165, 1.54) is 12.4 Å². The maximum Gasteiger partial charge on any atom is 0.455 e. The Bertz CT molecular complexity index is 915. The lowest BCUT2D eigenvalue weighted by molar-refractivity contribution is -0.146. The quantitative estimate of drug-likeness (QED) is 0.695. The fourth-order valence-electron chi connectivity index (χ4n) is 3.85. The van der Waals surface area contributed by atoms with Crippen LogP contribution in [0.3, 0.4) is 0 Å². The van der Waals surface area contributed by atoms with Crippen LogP contribution in [0.15, 0.2) is 16.9 Å². The van der Waals surface area contributed by atoms with Gasteiger partial charge in [-0.3, -0.25) is 0 Å². The van der Waals surface area contributed by atoms with Crippen molar-refractivity contribution in [1.29, 1.82) is 5.26 Å². The van der Waals surface area contributed by atoms with Crippen LogP contribution in [0, 0.1) is 11.3 Å². The van der Waals surface area contributed by atoms with Gasteiger partial charge in [-0.2, -0.15) is 23.4 Å². The highest BCUT2D eigenvalue weighted by molar-refractivity contribution is 5.30. The first-order valence-corrected chi connectivity index (χ1v) is 10.1. The van der Waals surface area contributed by atoms with Crippen LogP contribution in [0.4, 0.5) is 19.2 Å². The minimum atomic E-state index is -4.62. The van der Waals surface area contributed by atoms with Crippen molar-refractivity contribution in [2.45, 2.75) is 63.0 Å². The number of piperidine rings is 1. The summed E-state index contributed by atoms with van der Waals surface area (Å²) in [5.41, 5.74) is 0.177. The number of alkyl halides is 3. The maximum absolute atomic E-state index is 12.6. The SMILES string of the molecule is N#Cc1nccnc1O[C@H]1CC[C@H](OC2CCN(c3nc(C(F)(F)F)no3)CC2)CC1. The summed E-state index contributed by atoms with van der Waals surface area (Å²) in [6, 6.07) is 1.87. The molecule has 2 fully saturated rings. The molecule has 0 spiro atoms. The predicted octanol–water partition coefficient (Wildman–Crippen LogP) is 3.13. The van der Waals surface area contributed by atoms with Crippen molar-refractivity contribution in [1.82, 2.24) is 20.1 Å². The third kappa shape index (κ3) is 5.22. The van der Waals surface area contributed by atoms with Crippen LogP contribution < -0.4 is 9.64 Å². The number of hydrogen-bond donors (Lipinski definition) is 0. The number of nitrogens with zero attached hydrogens (tertiary/aromatic N) is 6. The predicted molar refractivity (Wildman–Crippen MR) is 99.0 cm³/mol. The van der Waals surface area contributed by atoms with Crippen molar-refractivity contribution in [3.63, 3.8) is 0 Å². The van der Waals surface area contributed by atoms with Crippen molar-refractivity contribution >= 4 is 6.01 Å². The van der Waals surface area contributed by atoms with E-state index in [0.717, 1.165) is 25.7 Å². The number of nitriles is 1. The molecule has 1 aliphatic carbocycles. The first kappa shape index (κ1) is 21.3. The van der Waals surface area contributed by atoms with Gasteiger partial charge in [0.05, 0.1) is 12.2 Å². The van der Waals surface area contributed by atoms with Crippen LogP contribution in [0.1, 0.15) is 50.0 Å². The zero-order valence-electron chi connectivity index (χ0n) is 16.6. The first-order valence-electron chi connectivity index (χ1n) is 10.1. The Labute approximate surface area is 176 Å². The van der Waals surface area contributed by atoms with E-state index < -0.39 is 12.0 Å². The normalized spacial score (nSPS) is 22.8. The maximum atomic E-state index is 12.6. The summed E-state index contributed by atoms with van der Waals surface area (Å²) in [4.78, 5) is 13.1. The number of halogens is 3. The summed E-state index contributed by atoms with van der Waals surface area (Å²) in [5.74, 6) is -1.00. The third-order valence-corrected chi connectivity index (χ3v) is 5.44. The molecule has 1 saturated carbocycles. The topological polar surface area (TPSA) is 110 Å². The Morgan fingerprint density at radius 2 is 1.65 bits per heavy atom. The number of rotatable bonds is 5. The van der Waals surface area contributed by atoms with Gasteiger partial charge in [0, 0.05) is 25.5 Å². The Morgan fingerprint density at radius 3 is 2.29 bits per heavy atom. The van der Waals surface area contributed by atoms with Gasteiger partial charge in [-0.1, -0.05) is 0 Å². The summed E-state index contributed by atoms with van der Waals surface area (Å²) < 4.78 is 54.7. The van der Waals surface area contributed by atoms with Crippen LogP contribution in [-0.4, -0.2) is 51.5 Å². The lowest BCUT2D eigenvalue weighted by Crippen LogP contribution is -2.40. The highest BCUT2D eigenvalue weighted by Crippen LogP contribution is 2.31. The molecule has 1 aliphatic heterocycles. The van der Waals surface area contributed by atoms with E-state index in [0.29, 0.717) is 25.9 Å². The standard InChI is InChI=1S/C19H21F3N6O3/c20-19(21,22)17-26-18(31-27-17)28-9-5-14(6-10-28)29-12-1-3-13(4-2-12)30-16-15(11-23)24-7-8-25-16/h7-8,12-14H,1-6,9-10H2/t12-,13-. The van der Waals surface area contributed by atoms with Gasteiger partial charge >= 0.3 is 12.2 Å². The Hall–Kier alpha value is -2.94. The second-order valence-electron chi connectivity index (χ2n) is 7.56. The summed E-state index contributed by atoms with van der Waals surface area (Å²) >= 11 is 0. The largest absolute Gasteiger partial charge is 0.472 e. The Morgan fingerprint density at radius 1 is 1.00 bits per heavy atom. The van der Waals surface area contributed by atoms with E-state index in [9.17, 15) is 13.2 Å².